The minimum absolute atomic E-state index is 0. The maximum absolute atomic E-state index is 7.17. The van der Waals surface area contributed by atoms with E-state index >= 15 is 0 Å². The van der Waals surface area contributed by atoms with Crippen molar-refractivity contribution in [1.29, 1.82) is 0 Å². The molecule has 0 saturated heterocycles. The molecule has 0 amide bonds. The van der Waals surface area contributed by atoms with Crippen LogP contribution >= 0.6 is 0 Å². The summed E-state index contributed by atoms with van der Waals surface area (Å²) < 4.78 is 0. The van der Waals surface area contributed by atoms with Crippen molar-refractivity contribution in [2.24, 2.45) is 0 Å². The Kier molecular flexibility index (Phi) is 4680. The van der Waals surface area contributed by atoms with E-state index in [4.69, 9.17) is 30.1 Å². The van der Waals surface area contributed by atoms with Gasteiger partial charge in [-0.1, -0.05) is 0 Å². The summed E-state index contributed by atoms with van der Waals surface area (Å²) in [4.78, 5) is 0. The zero-order valence-corrected chi connectivity index (χ0v) is 55.8. The maximum Gasteiger partial charge on any atom is 1.00 e. The van der Waals surface area contributed by atoms with Gasteiger partial charge in [0, 0.05) is 0 Å². The van der Waals surface area contributed by atoms with Crippen molar-refractivity contribution in [3.05, 3.63) is 0 Å². The maximum atomic E-state index is 7.17. The molecule has 0 spiro atoms. The van der Waals surface area contributed by atoms with E-state index in [0.717, 1.165) is 0 Å². The third-order valence-electron chi connectivity index (χ3n) is 0. The minimum atomic E-state index is -2.17. The van der Waals surface area contributed by atoms with Crippen LogP contribution in [-0.2, 0) is 0 Å². The molecule has 0 heterocycles. The first kappa shape index (κ1) is 539. The second-order valence-corrected chi connectivity index (χ2v) is 0.693. The third kappa shape index (κ3) is 718. The summed E-state index contributed by atoms with van der Waals surface area (Å²) >= 11 is 0. The summed E-state index contributed by atoms with van der Waals surface area (Å²) in [5.41, 5.74) is 0. The first-order valence-electron chi connectivity index (χ1n) is 1.55. The van der Waals surface area contributed by atoms with Crippen LogP contribution in [0.2, 0.25) is 0 Å². The summed E-state index contributed by atoms with van der Waals surface area (Å²) in [5.74, 6) is 0. The first-order valence-corrected chi connectivity index (χ1v) is 1.55. The van der Waals surface area contributed by atoms with E-state index in [9.17, 15) is 0 Å². The van der Waals surface area contributed by atoms with E-state index in [1.807, 2.05) is 0 Å². The van der Waals surface area contributed by atoms with Crippen LogP contribution in [0.4, 0.5) is 0 Å². The fourth-order valence-corrected chi connectivity index (χ4v) is 0. The molecule has 0 radical (unpaired) electrons. The summed E-state index contributed by atoms with van der Waals surface area (Å²) in [7, 11) is -4.33. The van der Waals surface area contributed by atoms with Crippen molar-refractivity contribution in [2.45, 2.75) is 0 Å². The Balaban J connectivity index is -0.0000000000321. The molecule has 6 nitrogen and oxygen atoms in total. The Morgan fingerprint density at radius 2 is 0.100 bits per heavy atom. The van der Waals surface area contributed by atoms with Crippen molar-refractivity contribution in [2.75, 3.05) is 0 Å². The van der Waals surface area contributed by atoms with Gasteiger partial charge in [-0.3, -0.25) is 0 Å². The quantitative estimate of drug-likeness (QED) is 0.171. The first-order chi connectivity index (χ1) is 3.46. The van der Waals surface area contributed by atoms with E-state index in [2.05, 4.69) is 0 Å². The fraction of sp³-hybridized carbons (Fsp3) is 0. The second kappa shape index (κ2) is 521. The number of hydrogen-bond donors (Lipinski definition) is 6. The molecular weight excluding hydrogens is 479 g/mol. The van der Waals surface area contributed by atoms with E-state index in [1.165, 1.54) is 0 Å². The summed E-state index contributed by atoms with van der Waals surface area (Å²) in [5, 5.41) is 43.0. The van der Waals surface area contributed by atoms with Crippen LogP contribution in [0.15, 0.2) is 0 Å². The van der Waals surface area contributed by atoms with E-state index in [1.54, 1.807) is 0 Å². The summed E-state index contributed by atoms with van der Waals surface area (Å²) in [6.07, 6.45) is 0. The summed E-state index contributed by atoms with van der Waals surface area (Å²) in [6, 6.07) is 0. The van der Waals surface area contributed by atoms with E-state index in [0.29, 0.717) is 0 Å². The van der Waals surface area contributed by atoms with Crippen molar-refractivity contribution in [3.8, 4) is 0 Å². The van der Waals surface area contributed by atoms with Gasteiger partial charge in [-0.25, -0.2) is 0 Å². The average Bonchev–Trinajstić information content (AvgIpc) is 1.25. The number of rotatable bonds is 0. The van der Waals surface area contributed by atoms with Crippen LogP contribution in [0.25, 0.3) is 0 Å². The zero-order valence-electron chi connectivity index (χ0n) is 108. The second-order valence-electron chi connectivity index (χ2n) is 0.693. The predicted octanol–water partition coefficient (Wildman–Crippen LogP) is -154. The van der Waals surface area contributed by atoms with Crippen LogP contribution in [0, 0.1) is 0 Å². The van der Waals surface area contributed by atoms with Crippen molar-refractivity contribution in [1.82, 2.24) is 0 Å². The Morgan fingerprint density at radius 1 is 0.100 bits per heavy atom. The van der Waals surface area contributed by atoms with Gasteiger partial charge in [-0.15, -0.1) is 0 Å². The van der Waals surface area contributed by atoms with Gasteiger partial charge in [0.2, 0.25) is 0 Å². The molecule has 0 aliphatic rings. The zero-order chi connectivity index (χ0) is 7.15. The molecule has 0 aliphatic heterocycles. The number of hydrogen-bond acceptors (Lipinski definition) is 6. The third-order valence-corrected chi connectivity index (χ3v) is 0. The monoisotopic (exact) mass is 541 g/mol. The van der Waals surface area contributed by atoms with Crippen LogP contribution in [0.5, 0.6) is 0 Å². The van der Waals surface area contributed by atoms with Gasteiger partial charge >= 0.3 is 995 Å². The normalized spacial score (nSPS) is 0.900. The molecule has 0 aromatic carbocycles. The molecule has 0 fully saturated rings. The molecule has 0 aromatic heterocycles. The molecule has 6 N–H and O–H groups in total. The molecule has 0 saturated carbocycles. The van der Waals surface area contributed by atoms with Gasteiger partial charge < -0.3 is 104 Å². The van der Waals surface area contributed by atoms with Crippen LogP contribution in [-0.4, -0.2) is 44.8 Å². The van der Waals surface area contributed by atoms with Gasteiger partial charge in [0.05, 0.1) is 0 Å². The SMILES string of the molecule is OB(O)O.OB(O)O.[H-].[H-].[H-].[H-].[H-].[H-].[H-].[H-].[H-].[H-].[H-].[H-].[H-].[H-].[H-].[H-].[H-].[H-].[H-].[H-].[H-].[H-].[H-].[H-].[H-].[H-].[H-].[H-].[H-].[H-].[H-].[H-].[H-].[H-].[H-].[H-].[H-].[H-].[H-].[H-].[H-].[H-].[H-].[H-].[H-].[H-].[H-].[H-].[H-].[H-].[H-].[H-].[Li+].[Li+].[Li+].[Li+].[Li+].[Li+].[Li+].[Li+].[Li+].[Li+].[Li+].[Li+].[Li+].[Li+].[Li+].[Li+].[Li+].[Li+].[Li+].[Li+].[Li+].[Li+].[Li+].[Li+].[Li+].[Li+].[Li+].[Li+].[Li+].[Li+].[Li+].[Li+].[Li+].[Li+].[Li+].[Li+].[Li+].[Li+].[Li+].[Li+].[Li+].[Li+].[Li+].[Li+].[Li+].[Li+].[Li+].[Li+].[Li+].[Li+].[Li+].[Li+]. The van der Waals surface area contributed by atoms with Gasteiger partial charge in [-0.05, 0) is 0 Å². The molecule has 0 rings (SSSR count). The Labute approximate surface area is 1070 Å². The smallest absolute Gasteiger partial charge is 1.00 e. The molecule has 152 valence electrons. The standard InChI is InChI=1S/2BH3O3.52Li.52H/c2*2-1(3)4;;;;;;;;;;;;;;;;;;;;;;;;;;;;;;;;;;;;;;;;;;;;;;;;;;;;;;;;;;;;;;;;;;;;;;;;;;;;;;;;;;;;;;;;;;;;;;;;;;;;;;;;/h2*2-4H;;;;;;;;;;;;;;;;;;;;;;;;;;;;;;;;;;;;;;;;;;;;;;;;;;;;;;;;;;;;;;;;;;;;;;;;;;;;;;;;;;;;;;;;;;;;;;;;;;;;;;;;/q;;52*+1;52*-1. The largest absolute Gasteiger partial charge is 1.00 e. The van der Waals surface area contributed by atoms with Crippen molar-refractivity contribution >= 4 is 14.6 Å². The molecule has 0 aliphatic carbocycles. The van der Waals surface area contributed by atoms with E-state index in [-0.39, 0.29) is 1050 Å². The van der Waals surface area contributed by atoms with Gasteiger partial charge in [0.1, 0.15) is 0 Å². The van der Waals surface area contributed by atoms with Crippen molar-refractivity contribution < 1.29 is 1090 Å². The van der Waals surface area contributed by atoms with E-state index < -0.39 is 14.6 Å². The summed E-state index contributed by atoms with van der Waals surface area (Å²) in [6.45, 7) is 0. The molecule has 60 heavy (non-hydrogen) atoms. The Hall–Kier alpha value is 31.0. The fourth-order valence-electron chi connectivity index (χ4n) is 0. The Bertz CT molecular complexity index is 168. The van der Waals surface area contributed by atoms with Crippen molar-refractivity contribution in [3.63, 3.8) is 0 Å². The predicted molar refractivity (Wildman–Crippen MR) is 82.6 cm³/mol. The van der Waals surface area contributed by atoms with Gasteiger partial charge in [-0.2, -0.15) is 0 Å². The van der Waals surface area contributed by atoms with Crippen LogP contribution in [0.3, 0.4) is 0 Å². The Morgan fingerprint density at radius 3 is 0.100 bits per heavy atom. The molecule has 60 heteroatoms. The molecule has 0 unspecified atom stereocenters. The topological polar surface area (TPSA) is 121 Å². The molecule has 0 bridgehead atoms. The minimum Gasteiger partial charge on any atom is -1.00 e. The van der Waals surface area contributed by atoms with Crippen LogP contribution < -0.4 is 981 Å². The van der Waals surface area contributed by atoms with Crippen LogP contribution in [0.1, 0.15) is 74.2 Å². The molecular formula is H58B2Li52O6. The van der Waals surface area contributed by atoms with Gasteiger partial charge in [0.15, 0.2) is 0 Å². The average molecular weight is 537 g/mol. The molecule has 0 aromatic rings. The molecule has 0 atom stereocenters. The van der Waals surface area contributed by atoms with Gasteiger partial charge in [0.25, 0.3) is 0 Å².